The van der Waals surface area contributed by atoms with Crippen LogP contribution in [0.2, 0.25) is 0 Å². The van der Waals surface area contributed by atoms with Gasteiger partial charge in [0.2, 0.25) is 20.7 Å². The van der Waals surface area contributed by atoms with Gasteiger partial charge in [-0.3, -0.25) is 0 Å². The van der Waals surface area contributed by atoms with Gasteiger partial charge >= 0.3 is 5.97 Å². The Balaban J connectivity index is 2.25. The normalized spacial score (nSPS) is 16.3. The van der Waals surface area contributed by atoms with E-state index in [-0.39, 0.29) is 22.5 Å². The number of sulfone groups is 1. The highest BCUT2D eigenvalue weighted by molar-refractivity contribution is 7.91. The molecule has 2 heterocycles. The van der Waals surface area contributed by atoms with E-state index >= 15 is 0 Å². The van der Waals surface area contributed by atoms with Gasteiger partial charge in [-0.25, -0.2) is 13.2 Å². The Morgan fingerprint density at radius 1 is 1.50 bits per heavy atom. The number of furan rings is 1. The van der Waals surface area contributed by atoms with Crippen molar-refractivity contribution in [3.8, 4) is 0 Å². The van der Waals surface area contributed by atoms with E-state index in [2.05, 4.69) is 4.74 Å². The van der Waals surface area contributed by atoms with Gasteiger partial charge in [0.05, 0.1) is 26.1 Å². The lowest BCUT2D eigenvalue weighted by Gasteiger charge is -2.24. The summed E-state index contributed by atoms with van der Waals surface area (Å²) in [5.41, 5.74) is 0.449. The second-order valence-electron chi connectivity index (χ2n) is 4.25. The fourth-order valence-electron chi connectivity index (χ4n) is 1.67. The molecule has 0 amide bonds. The zero-order valence-corrected chi connectivity index (χ0v) is 11.0. The van der Waals surface area contributed by atoms with Crippen molar-refractivity contribution in [2.75, 3.05) is 26.1 Å². The molecular formula is C11H14O6S. The lowest BCUT2D eigenvalue weighted by Crippen LogP contribution is -2.33. The van der Waals surface area contributed by atoms with E-state index in [0.717, 1.165) is 0 Å². The molecule has 0 N–H and O–H groups in total. The van der Waals surface area contributed by atoms with Crippen molar-refractivity contribution in [3.63, 3.8) is 0 Å². The van der Waals surface area contributed by atoms with Gasteiger partial charge in [-0.2, -0.15) is 0 Å². The highest BCUT2D eigenvalue weighted by atomic mass is 32.2. The standard InChI is InChI=1S/C11H14O6S/c1-7-3-9(17-10(7)11(12)15-2)18(13,14)6-8-4-16-5-8/h3,8H,4-6H2,1-2H3. The molecule has 0 unspecified atom stereocenters. The Bertz CT molecular complexity index is 552. The van der Waals surface area contributed by atoms with Gasteiger partial charge in [-0.15, -0.1) is 0 Å². The Morgan fingerprint density at radius 3 is 2.67 bits per heavy atom. The topological polar surface area (TPSA) is 82.8 Å². The average Bonchev–Trinajstić information content (AvgIpc) is 2.66. The second-order valence-corrected chi connectivity index (χ2v) is 6.22. The third-order valence-corrected chi connectivity index (χ3v) is 4.46. The van der Waals surface area contributed by atoms with Crippen LogP contribution in [0.25, 0.3) is 0 Å². The van der Waals surface area contributed by atoms with Gasteiger partial charge in [0, 0.05) is 11.5 Å². The smallest absolute Gasteiger partial charge is 0.374 e. The second kappa shape index (κ2) is 4.74. The number of rotatable bonds is 4. The van der Waals surface area contributed by atoms with Crippen LogP contribution in [-0.4, -0.2) is 40.5 Å². The molecule has 1 aliphatic rings. The lowest BCUT2D eigenvalue weighted by molar-refractivity contribution is -0.0205. The van der Waals surface area contributed by atoms with Crippen LogP contribution in [0.1, 0.15) is 16.1 Å². The highest BCUT2D eigenvalue weighted by Crippen LogP contribution is 2.24. The average molecular weight is 274 g/mol. The number of carbonyl (C=O) groups is 1. The van der Waals surface area contributed by atoms with Crippen molar-refractivity contribution in [1.82, 2.24) is 0 Å². The van der Waals surface area contributed by atoms with Gasteiger partial charge in [0.1, 0.15) is 0 Å². The van der Waals surface area contributed by atoms with E-state index < -0.39 is 15.8 Å². The first-order chi connectivity index (χ1) is 8.44. The molecule has 0 aliphatic carbocycles. The monoisotopic (exact) mass is 274 g/mol. The molecule has 1 aromatic heterocycles. The quantitative estimate of drug-likeness (QED) is 0.755. The summed E-state index contributed by atoms with van der Waals surface area (Å²) in [6.07, 6.45) is 0. The van der Waals surface area contributed by atoms with Gasteiger partial charge in [0.25, 0.3) is 0 Å². The van der Waals surface area contributed by atoms with Crippen LogP contribution < -0.4 is 0 Å². The molecule has 1 aliphatic heterocycles. The Kier molecular flexibility index (Phi) is 3.45. The summed E-state index contributed by atoms with van der Waals surface area (Å²) in [5.74, 6) is -0.774. The van der Waals surface area contributed by atoms with E-state index in [1.165, 1.54) is 13.2 Å². The number of hydrogen-bond donors (Lipinski definition) is 0. The summed E-state index contributed by atoms with van der Waals surface area (Å²) in [5, 5.41) is -0.188. The maximum absolute atomic E-state index is 12.0. The molecule has 0 spiro atoms. The van der Waals surface area contributed by atoms with E-state index in [1.807, 2.05) is 0 Å². The van der Waals surface area contributed by atoms with Gasteiger partial charge in [-0.05, 0) is 13.0 Å². The molecule has 100 valence electrons. The van der Waals surface area contributed by atoms with Crippen molar-refractivity contribution < 1.29 is 27.1 Å². The number of hydrogen-bond acceptors (Lipinski definition) is 6. The maximum Gasteiger partial charge on any atom is 0.374 e. The van der Waals surface area contributed by atoms with Crippen LogP contribution in [0.15, 0.2) is 15.6 Å². The number of esters is 1. The van der Waals surface area contributed by atoms with Crippen molar-refractivity contribution in [1.29, 1.82) is 0 Å². The van der Waals surface area contributed by atoms with Crippen molar-refractivity contribution in [2.45, 2.75) is 12.0 Å². The van der Waals surface area contributed by atoms with E-state index in [9.17, 15) is 13.2 Å². The van der Waals surface area contributed by atoms with Crippen LogP contribution in [0, 0.1) is 12.8 Å². The molecule has 1 aromatic rings. The molecule has 0 radical (unpaired) electrons. The van der Waals surface area contributed by atoms with Crippen molar-refractivity contribution in [2.24, 2.45) is 5.92 Å². The Morgan fingerprint density at radius 2 is 2.17 bits per heavy atom. The molecule has 0 saturated carbocycles. The molecule has 1 saturated heterocycles. The zero-order valence-electron chi connectivity index (χ0n) is 10.1. The number of carbonyl (C=O) groups excluding carboxylic acids is 1. The van der Waals surface area contributed by atoms with Gasteiger partial charge in [0.15, 0.2) is 0 Å². The first-order valence-corrected chi connectivity index (χ1v) is 7.08. The number of aryl methyl sites for hydroxylation is 1. The van der Waals surface area contributed by atoms with E-state index in [4.69, 9.17) is 9.15 Å². The first-order valence-electron chi connectivity index (χ1n) is 5.43. The molecule has 7 heteroatoms. The molecule has 6 nitrogen and oxygen atoms in total. The summed E-state index contributed by atoms with van der Waals surface area (Å²) in [6.45, 7) is 2.49. The third-order valence-electron chi connectivity index (χ3n) is 2.73. The minimum Gasteiger partial charge on any atom is -0.463 e. The third kappa shape index (κ3) is 2.41. The lowest BCUT2D eigenvalue weighted by atomic mass is 10.1. The summed E-state index contributed by atoms with van der Waals surface area (Å²) in [6, 6.07) is 1.35. The predicted octanol–water partition coefficient (Wildman–Crippen LogP) is 0.795. The van der Waals surface area contributed by atoms with Crippen LogP contribution >= 0.6 is 0 Å². The summed E-state index contributed by atoms with van der Waals surface area (Å²) in [7, 11) is -2.31. The van der Waals surface area contributed by atoms with E-state index in [0.29, 0.717) is 18.8 Å². The van der Waals surface area contributed by atoms with E-state index in [1.54, 1.807) is 6.92 Å². The summed E-state index contributed by atoms with van der Waals surface area (Å²) >= 11 is 0. The minimum atomic E-state index is -3.52. The zero-order chi connectivity index (χ0) is 13.3. The summed E-state index contributed by atoms with van der Waals surface area (Å²) < 4.78 is 38.6. The van der Waals surface area contributed by atoms with Crippen LogP contribution in [0.3, 0.4) is 0 Å². The molecule has 0 atom stereocenters. The largest absolute Gasteiger partial charge is 0.463 e. The highest BCUT2D eigenvalue weighted by Gasteiger charge is 2.30. The molecular weight excluding hydrogens is 260 g/mol. The van der Waals surface area contributed by atoms with Crippen LogP contribution in [0.5, 0.6) is 0 Å². The first kappa shape index (κ1) is 13.1. The fraction of sp³-hybridized carbons (Fsp3) is 0.545. The predicted molar refractivity (Wildman–Crippen MR) is 61.1 cm³/mol. The summed E-state index contributed by atoms with van der Waals surface area (Å²) in [4.78, 5) is 11.3. The number of methoxy groups -OCH3 is 1. The SMILES string of the molecule is COC(=O)c1oc(S(=O)(=O)CC2COC2)cc1C. The minimum absolute atomic E-state index is 0.00184. The molecule has 0 bridgehead atoms. The number of ether oxygens (including phenoxy) is 2. The van der Waals surface area contributed by atoms with Gasteiger partial charge < -0.3 is 13.9 Å². The molecule has 1 fully saturated rings. The maximum atomic E-state index is 12.0. The van der Waals surface area contributed by atoms with Crippen molar-refractivity contribution in [3.05, 3.63) is 17.4 Å². The molecule has 2 rings (SSSR count). The van der Waals surface area contributed by atoms with Gasteiger partial charge in [-0.1, -0.05) is 0 Å². The van der Waals surface area contributed by atoms with Crippen molar-refractivity contribution >= 4 is 15.8 Å². The van der Waals surface area contributed by atoms with Crippen LogP contribution in [0.4, 0.5) is 0 Å². The Hall–Kier alpha value is -1.34. The van der Waals surface area contributed by atoms with Crippen LogP contribution in [-0.2, 0) is 19.3 Å². The fourth-order valence-corrected chi connectivity index (χ4v) is 3.22. The molecule has 0 aromatic carbocycles. The Labute approximate surface area is 105 Å². The molecule has 18 heavy (non-hydrogen) atoms.